The molecule has 0 aliphatic rings. The number of aryl methyl sites for hydroxylation is 1. The number of hydrogen-bond acceptors (Lipinski definition) is 3. The van der Waals surface area contributed by atoms with Crippen molar-refractivity contribution in [3.05, 3.63) is 58.1 Å². The minimum atomic E-state index is -0.495. The quantitative estimate of drug-likeness (QED) is 0.624. The topological polar surface area (TPSA) is 35.5 Å². The van der Waals surface area contributed by atoms with E-state index in [2.05, 4.69) is 0 Å². The van der Waals surface area contributed by atoms with Gasteiger partial charge in [-0.15, -0.1) is 0 Å². The van der Waals surface area contributed by atoms with E-state index in [9.17, 15) is 4.79 Å². The van der Waals surface area contributed by atoms with E-state index in [-0.39, 0.29) is 6.61 Å². The molecule has 2 aromatic rings. The molecule has 0 aromatic heterocycles. The molecule has 0 bridgehead atoms. The molecular weight excluding hydrogens is 299 g/mol. The fourth-order valence-corrected chi connectivity index (χ4v) is 2.02. The molecule has 0 atom stereocenters. The van der Waals surface area contributed by atoms with E-state index in [0.29, 0.717) is 21.5 Å². The van der Waals surface area contributed by atoms with Crippen molar-refractivity contribution in [3.8, 4) is 11.5 Å². The number of rotatable bonds is 4. The summed E-state index contributed by atoms with van der Waals surface area (Å²) >= 11 is 11.7. The average molecular weight is 311 g/mol. The minimum Gasteiger partial charge on any atom is -0.480 e. The second-order valence-corrected chi connectivity index (χ2v) is 4.95. The summed E-state index contributed by atoms with van der Waals surface area (Å²) in [7, 11) is 0. The van der Waals surface area contributed by atoms with Gasteiger partial charge in [0.25, 0.3) is 0 Å². The van der Waals surface area contributed by atoms with Crippen LogP contribution in [-0.4, -0.2) is 12.6 Å². The number of para-hydroxylation sites is 1. The lowest BCUT2D eigenvalue weighted by atomic mass is 10.2. The molecule has 104 valence electrons. The van der Waals surface area contributed by atoms with Gasteiger partial charge in [-0.25, -0.2) is 4.79 Å². The van der Waals surface area contributed by atoms with E-state index in [4.69, 9.17) is 32.7 Å². The lowest BCUT2D eigenvalue weighted by molar-refractivity contribution is -0.136. The van der Waals surface area contributed by atoms with Gasteiger partial charge in [0.15, 0.2) is 6.61 Å². The van der Waals surface area contributed by atoms with Gasteiger partial charge in [-0.1, -0.05) is 41.4 Å². The molecule has 2 aromatic carbocycles. The molecule has 2 rings (SSSR count). The van der Waals surface area contributed by atoms with Crippen LogP contribution in [0.1, 0.15) is 5.56 Å². The van der Waals surface area contributed by atoms with E-state index in [1.54, 1.807) is 30.3 Å². The van der Waals surface area contributed by atoms with Gasteiger partial charge in [0.1, 0.15) is 11.5 Å². The molecule has 20 heavy (non-hydrogen) atoms. The van der Waals surface area contributed by atoms with Crippen molar-refractivity contribution in [2.45, 2.75) is 6.92 Å². The van der Waals surface area contributed by atoms with Crippen LogP contribution >= 0.6 is 23.2 Å². The molecule has 0 N–H and O–H groups in total. The largest absolute Gasteiger partial charge is 0.480 e. The number of esters is 1. The summed E-state index contributed by atoms with van der Waals surface area (Å²) < 4.78 is 10.5. The van der Waals surface area contributed by atoms with Crippen LogP contribution in [0.5, 0.6) is 11.5 Å². The van der Waals surface area contributed by atoms with Crippen molar-refractivity contribution in [2.75, 3.05) is 6.61 Å². The first-order chi connectivity index (χ1) is 9.56. The number of halogens is 2. The standard InChI is InChI=1S/C15H12Cl2O3/c1-10-4-2-3-5-13(10)20-15(18)9-19-14-7-6-11(16)8-12(14)17/h2-8H,9H2,1H3. The van der Waals surface area contributed by atoms with Crippen LogP contribution in [0.25, 0.3) is 0 Å². The molecule has 0 radical (unpaired) electrons. The van der Waals surface area contributed by atoms with Crippen LogP contribution in [0.15, 0.2) is 42.5 Å². The normalized spacial score (nSPS) is 10.2. The number of benzene rings is 2. The number of hydrogen-bond donors (Lipinski definition) is 0. The maximum absolute atomic E-state index is 11.7. The lowest BCUT2D eigenvalue weighted by Crippen LogP contribution is -2.18. The number of carbonyl (C=O) groups excluding carboxylic acids is 1. The Balaban J connectivity index is 1.94. The summed E-state index contributed by atoms with van der Waals surface area (Å²) in [6.45, 7) is 1.63. The van der Waals surface area contributed by atoms with Gasteiger partial charge >= 0.3 is 5.97 Å². The SMILES string of the molecule is Cc1ccccc1OC(=O)COc1ccc(Cl)cc1Cl. The highest BCUT2D eigenvalue weighted by Crippen LogP contribution is 2.27. The highest BCUT2D eigenvalue weighted by Gasteiger charge is 2.09. The van der Waals surface area contributed by atoms with Gasteiger partial charge < -0.3 is 9.47 Å². The summed E-state index contributed by atoms with van der Waals surface area (Å²) in [4.78, 5) is 11.7. The van der Waals surface area contributed by atoms with Crippen molar-refractivity contribution < 1.29 is 14.3 Å². The van der Waals surface area contributed by atoms with Crippen LogP contribution in [0.4, 0.5) is 0 Å². The van der Waals surface area contributed by atoms with Crippen LogP contribution in [0, 0.1) is 6.92 Å². The van der Waals surface area contributed by atoms with Crippen molar-refractivity contribution in [3.63, 3.8) is 0 Å². The molecule has 5 heteroatoms. The molecule has 0 saturated carbocycles. The second-order valence-electron chi connectivity index (χ2n) is 4.10. The monoisotopic (exact) mass is 310 g/mol. The molecule has 0 spiro atoms. The predicted octanol–water partition coefficient (Wildman–Crippen LogP) is 4.29. The zero-order chi connectivity index (χ0) is 14.5. The van der Waals surface area contributed by atoms with E-state index >= 15 is 0 Å². The zero-order valence-electron chi connectivity index (χ0n) is 10.7. The lowest BCUT2D eigenvalue weighted by Gasteiger charge is -2.09. The van der Waals surface area contributed by atoms with Crippen molar-refractivity contribution in [2.24, 2.45) is 0 Å². The van der Waals surface area contributed by atoms with Gasteiger partial charge in [0, 0.05) is 5.02 Å². The number of ether oxygens (including phenoxy) is 2. The summed E-state index contributed by atoms with van der Waals surface area (Å²) in [5.74, 6) is 0.409. The molecule has 0 fully saturated rings. The third-order valence-electron chi connectivity index (χ3n) is 2.56. The molecule has 0 unspecified atom stereocenters. The average Bonchev–Trinajstić information content (AvgIpc) is 2.40. The van der Waals surface area contributed by atoms with Gasteiger partial charge in [-0.3, -0.25) is 0 Å². The Morgan fingerprint density at radius 3 is 2.55 bits per heavy atom. The Morgan fingerprint density at radius 2 is 1.85 bits per heavy atom. The molecule has 0 heterocycles. The van der Waals surface area contributed by atoms with E-state index in [1.165, 1.54) is 0 Å². The van der Waals surface area contributed by atoms with Gasteiger partial charge in [-0.05, 0) is 36.8 Å². The van der Waals surface area contributed by atoms with Crippen molar-refractivity contribution in [1.82, 2.24) is 0 Å². The fraction of sp³-hybridized carbons (Fsp3) is 0.133. The second kappa shape index (κ2) is 6.64. The third kappa shape index (κ3) is 3.89. The number of carbonyl (C=O) groups is 1. The van der Waals surface area contributed by atoms with Crippen LogP contribution in [-0.2, 0) is 4.79 Å². The summed E-state index contributed by atoms with van der Waals surface area (Å²) in [6, 6.07) is 12.0. The van der Waals surface area contributed by atoms with E-state index in [0.717, 1.165) is 5.56 Å². The Kier molecular flexibility index (Phi) is 4.88. The van der Waals surface area contributed by atoms with Crippen molar-refractivity contribution in [1.29, 1.82) is 0 Å². The minimum absolute atomic E-state index is 0.227. The highest BCUT2D eigenvalue weighted by molar-refractivity contribution is 6.35. The molecule has 0 saturated heterocycles. The van der Waals surface area contributed by atoms with E-state index in [1.807, 2.05) is 19.1 Å². The maximum Gasteiger partial charge on any atom is 0.349 e. The van der Waals surface area contributed by atoms with Crippen LogP contribution < -0.4 is 9.47 Å². The predicted molar refractivity (Wildman–Crippen MR) is 78.8 cm³/mol. The van der Waals surface area contributed by atoms with Gasteiger partial charge in [0.05, 0.1) is 5.02 Å². The van der Waals surface area contributed by atoms with Crippen LogP contribution in [0.3, 0.4) is 0 Å². The summed E-state index contributed by atoms with van der Waals surface area (Å²) in [6.07, 6.45) is 0. The van der Waals surface area contributed by atoms with Gasteiger partial charge in [-0.2, -0.15) is 0 Å². The first-order valence-corrected chi connectivity index (χ1v) is 6.66. The molecule has 3 nitrogen and oxygen atoms in total. The smallest absolute Gasteiger partial charge is 0.349 e. The Morgan fingerprint density at radius 1 is 1.10 bits per heavy atom. The highest BCUT2D eigenvalue weighted by atomic mass is 35.5. The molecular formula is C15H12Cl2O3. The molecule has 0 amide bonds. The van der Waals surface area contributed by atoms with Crippen molar-refractivity contribution >= 4 is 29.2 Å². The Bertz CT molecular complexity index is 626. The fourth-order valence-electron chi connectivity index (χ4n) is 1.55. The van der Waals surface area contributed by atoms with Gasteiger partial charge in [0.2, 0.25) is 0 Å². The van der Waals surface area contributed by atoms with E-state index < -0.39 is 5.97 Å². The van der Waals surface area contributed by atoms with Crippen LogP contribution in [0.2, 0.25) is 10.0 Å². The summed E-state index contributed by atoms with van der Waals surface area (Å²) in [5, 5.41) is 0.853. The molecule has 0 aliphatic heterocycles. The first-order valence-electron chi connectivity index (χ1n) is 5.90. The zero-order valence-corrected chi connectivity index (χ0v) is 12.2. The maximum atomic E-state index is 11.7. The Labute approximate surface area is 127 Å². The third-order valence-corrected chi connectivity index (χ3v) is 3.09. The Hall–Kier alpha value is -1.71. The summed E-state index contributed by atoms with van der Waals surface area (Å²) in [5.41, 5.74) is 0.880. The first kappa shape index (κ1) is 14.7. The molecule has 0 aliphatic carbocycles.